The molecule has 0 saturated carbocycles. The third-order valence-corrected chi connectivity index (χ3v) is 2.36. The largest absolute Gasteiger partial charge is 0.380 e. The summed E-state index contributed by atoms with van der Waals surface area (Å²) in [4.78, 5) is 0. The Morgan fingerprint density at radius 2 is 2.23 bits per heavy atom. The molecule has 1 heterocycles. The van der Waals surface area contributed by atoms with Crippen molar-refractivity contribution in [1.29, 1.82) is 0 Å². The Labute approximate surface area is 78.5 Å². The average molecular weight is 174 g/mol. The molecular formula is C11H14N2. The fourth-order valence-corrected chi connectivity index (χ4v) is 1.70. The first-order valence-electron chi connectivity index (χ1n) is 4.62. The van der Waals surface area contributed by atoms with Gasteiger partial charge in [0, 0.05) is 6.20 Å². The van der Waals surface area contributed by atoms with Gasteiger partial charge in [-0.1, -0.05) is 30.4 Å². The van der Waals surface area contributed by atoms with Crippen molar-refractivity contribution in [2.75, 3.05) is 6.54 Å². The Kier molecular flexibility index (Phi) is 2.32. The summed E-state index contributed by atoms with van der Waals surface area (Å²) < 4.78 is 0. The third-order valence-electron chi connectivity index (χ3n) is 2.36. The van der Waals surface area contributed by atoms with E-state index in [4.69, 9.17) is 5.73 Å². The Morgan fingerprint density at radius 3 is 3.08 bits per heavy atom. The lowest BCUT2D eigenvalue weighted by molar-refractivity contribution is 0.847. The molecule has 0 bridgehead atoms. The molecule has 1 atom stereocenters. The number of nitrogens with one attached hydrogen (secondary N) is 1. The number of rotatable bonds is 2. The molecule has 1 unspecified atom stereocenters. The van der Waals surface area contributed by atoms with Crippen molar-refractivity contribution in [2.45, 2.75) is 12.5 Å². The molecule has 0 aromatic heterocycles. The summed E-state index contributed by atoms with van der Waals surface area (Å²) >= 11 is 0. The first kappa shape index (κ1) is 8.32. The zero-order valence-electron chi connectivity index (χ0n) is 7.53. The van der Waals surface area contributed by atoms with Crippen molar-refractivity contribution in [3.05, 3.63) is 47.7 Å². The van der Waals surface area contributed by atoms with Crippen LogP contribution in [0.1, 0.15) is 6.42 Å². The summed E-state index contributed by atoms with van der Waals surface area (Å²) in [6, 6.07) is 0.358. The molecular weight excluding hydrogens is 160 g/mol. The van der Waals surface area contributed by atoms with Gasteiger partial charge in [-0.2, -0.15) is 0 Å². The molecule has 0 amide bonds. The fourth-order valence-electron chi connectivity index (χ4n) is 1.70. The Morgan fingerprint density at radius 1 is 1.31 bits per heavy atom. The quantitative estimate of drug-likeness (QED) is 0.661. The van der Waals surface area contributed by atoms with Gasteiger partial charge in [0.2, 0.25) is 0 Å². The zero-order valence-corrected chi connectivity index (χ0v) is 7.53. The molecule has 2 aliphatic rings. The number of hydrogen-bond acceptors (Lipinski definition) is 2. The molecule has 0 aromatic carbocycles. The predicted molar refractivity (Wildman–Crippen MR) is 55.0 cm³/mol. The molecule has 0 spiro atoms. The molecule has 0 aromatic rings. The molecule has 1 aliphatic carbocycles. The summed E-state index contributed by atoms with van der Waals surface area (Å²) in [6.45, 7) is 0.713. The predicted octanol–water partition coefficient (Wildman–Crippen LogP) is 1.24. The first-order valence-corrected chi connectivity index (χ1v) is 4.62. The van der Waals surface area contributed by atoms with E-state index in [1.165, 1.54) is 11.1 Å². The summed E-state index contributed by atoms with van der Waals surface area (Å²) in [6.07, 6.45) is 13.5. The monoisotopic (exact) mass is 174 g/mol. The topological polar surface area (TPSA) is 38.0 Å². The minimum absolute atomic E-state index is 0.358. The number of allylic oxidation sites excluding steroid dienone is 4. The highest BCUT2D eigenvalue weighted by Crippen LogP contribution is 2.24. The van der Waals surface area contributed by atoms with Crippen LogP contribution in [0, 0.1) is 0 Å². The average Bonchev–Trinajstić information content (AvgIpc) is 2.38. The highest BCUT2D eigenvalue weighted by molar-refractivity contribution is 5.47. The van der Waals surface area contributed by atoms with E-state index in [2.05, 4.69) is 35.8 Å². The second-order valence-electron chi connectivity index (χ2n) is 3.24. The standard InChI is InChI=1S/C11H14N2/c12-7-6-9-8-13-11-5-3-1-2-4-10(9)11/h1-5,8,11,13H,6-7,12H2. The van der Waals surface area contributed by atoms with Crippen LogP contribution in [-0.4, -0.2) is 12.6 Å². The van der Waals surface area contributed by atoms with Gasteiger partial charge >= 0.3 is 0 Å². The summed E-state index contributed by atoms with van der Waals surface area (Å²) in [5.41, 5.74) is 8.23. The minimum atomic E-state index is 0.358. The summed E-state index contributed by atoms with van der Waals surface area (Å²) in [7, 11) is 0. The van der Waals surface area contributed by atoms with E-state index < -0.39 is 0 Å². The van der Waals surface area contributed by atoms with Crippen molar-refractivity contribution in [2.24, 2.45) is 5.73 Å². The second kappa shape index (κ2) is 3.62. The summed E-state index contributed by atoms with van der Waals surface area (Å²) in [5.74, 6) is 0. The van der Waals surface area contributed by atoms with Gasteiger partial charge in [0.05, 0.1) is 6.04 Å². The van der Waals surface area contributed by atoms with E-state index in [1.54, 1.807) is 0 Å². The molecule has 1 aliphatic heterocycles. The molecule has 3 N–H and O–H groups in total. The van der Waals surface area contributed by atoms with E-state index in [1.807, 2.05) is 6.08 Å². The SMILES string of the molecule is NCCC1=CNC2C=CC=CC=C12. The zero-order chi connectivity index (χ0) is 9.10. The van der Waals surface area contributed by atoms with Crippen molar-refractivity contribution in [3.63, 3.8) is 0 Å². The van der Waals surface area contributed by atoms with Gasteiger partial charge < -0.3 is 11.1 Å². The smallest absolute Gasteiger partial charge is 0.0699 e. The van der Waals surface area contributed by atoms with Crippen molar-refractivity contribution < 1.29 is 0 Å². The lowest BCUT2D eigenvalue weighted by atomic mass is 10.0. The molecule has 0 fully saturated rings. The maximum Gasteiger partial charge on any atom is 0.0699 e. The molecule has 13 heavy (non-hydrogen) atoms. The highest BCUT2D eigenvalue weighted by atomic mass is 14.9. The van der Waals surface area contributed by atoms with Crippen LogP contribution >= 0.6 is 0 Å². The molecule has 2 nitrogen and oxygen atoms in total. The second-order valence-corrected chi connectivity index (χ2v) is 3.24. The van der Waals surface area contributed by atoms with Gasteiger partial charge in [0.1, 0.15) is 0 Å². The van der Waals surface area contributed by atoms with Crippen LogP contribution in [0.15, 0.2) is 47.7 Å². The molecule has 0 radical (unpaired) electrons. The van der Waals surface area contributed by atoms with Gasteiger partial charge in [-0.05, 0) is 24.1 Å². The van der Waals surface area contributed by atoms with Crippen molar-refractivity contribution in [3.8, 4) is 0 Å². The Bertz CT molecular complexity index is 308. The van der Waals surface area contributed by atoms with Crippen molar-refractivity contribution in [1.82, 2.24) is 5.32 Å². The van der Waals surface area contributed by atoms with Gasteiger partial charge in [-0.25, -0.2) is 0 Å². The highest BCUT2D eigenvalue weighted by Gasteiger charge is 2.19. The first-order chi connectivity index (χ1) is 6.42. The molecule has 68 valence electrons. The van der Waals surface area contributed by atoms with Crippen LogP contribution in [-0.2, 0) is 0 Å². The van der Waals surface area contributed by atoms with E-state index in [0.717, 1.165) is 6.42 Å². The van der Waals surface area contributed by atoms with Crippen LogP contribution in [0.4, 0.5) is 0 Å². The number of hydrogen-bond donors (Lipinski definition) is 2. The lowest BCUT2D eigenvalue weighted by Gasteiger charge is -2.08. The van der Waals surface area contributed by atoms with E-state index >= 15 is 0 Å². The van der Waals surface area contributed by atoms with E-state index in [-0.39, 0.29) is 0 Å². The van der Waals surface area contributed by atoms with Crippen LogP contribution in [0.5, 0.6) is 0 Å². The van der Waals surface area contributed by atoms with Gasteiger partial charge in [0.25, 0.3) is 0 Å². The van der Waals surface area contributed by atoms with Gasteiger partial charge in [0.15, 0.2) is 0 Å². The molecule has 2 heteroatoms. The maximum atomic E-state index is 5.54. The third kappa shape index (κ3) is 1.58. The minimum Gasteiger partial charge on any atom is -0.380 e. The van der Waals surface area contributed by atoms with Crippen LogP contribution in [0.25, 0.3) is 0 Å². The van der Waals surface area contributed by atoms with E-state index in [9.17, 15) is 0 Å². The fraction of sp³-hybridized carbons (Fsp3) is 0.273. The van der Waals surface area contributed by atoms with Gasteiger partial charge in [-0.3, -0.25) is 0 Å². The maximum absolute atomic E-state index is 5.54. The molecule has 0 saturated heterocycles. The van der Waals surface area contributed by atoms with Crippen LogP contribution < -0.4 is 11.1 Å². The van der Waals surface area contributed by atoms with Crippen molar-refractivity contribution >= 4 is 0 Å². The number of nitrogens with two attached hydrogens (primary N) is 1. The van der Waals surface area contributed by atoms with E-state index in [0.29, 0.717) is 12.6 Å². The van der Waals surface area contributed by atoms with Crippen LogP contribution in [0.3, 0.4) is 0 Å². The Balaban J connectivity index is 2.22. The lowest BCUT2D eigenvalue weighted by Crippen LogP contribution is -2.17. The van der Waals surface area contributed by atoms with Gasteiger partial charge in [-0.15, -0.1) is 0 Å². The normalized spacial score (nSPS) is 24.5. The van der Waals surface area contributed by atoms with Crippen LogP contribution in [0.2, 0.25) is 0 Å². The number of fused-ring (bicyclic) bond motifs is 1. The Hall–Kier alpha value is -1.28. The molecule has 2 rings (SSSR count). The summed E-state index contributed by atoms with van der Waals surface area (Å²) in [5, 5.41) is 3.32.